The Labute approximate surface area is 130 Å². The van der Waals surface area contributed by atoms with Gasteiger partial charge in [-0.05, 0) is 24.7 Å². The van der Waals surface area contributed by atoms with Gasteiger partial charge < -0.3 is 4.42 Å². The highest BCUT2D eigenvalue weighted by molar-refractivity contribution is 5.61. The third-order valence-electron chi connectivity index (χ3n) is 3.69. The summed E-state index contributed by atoms with van der Waals surface area (Å²) >= 11 is 0. The maximum absolute atomic E-state index is 5.16. The van der Waals surface area contributed by atoms with E-state index in [4.69, 9.17) is 4.42 Å². The second kappa shape index (κ2) is 6.58. The average molecular weight is 296 g/mol. The highest BCUT2D eigenvalue weighted by atomic mass is 16.3. The monoisotopic (exact) mass is 296 g/mol. The van der Waals surface area contributed by atoms with Crippen LogP contribution in [-0.4, -0.2) is 26.2 Å². The molecule has 3 aromatic heterocycles. The molecular formula is C17H20N4O. The molecule has 3 rings (SSSR count). The first kappa shape index (κ1) is 14.5. The second-order valence-corrected chi connectivity index (χ2v) is 5.35. The molecule has 0 N–H and O–H groups in total. The Morgan fingerprint density at radius 3 is 2.68 bits per heavy atom. The van der Waals surface area contributed by atoms with Gasteiger partial charge in [0.1, 0.15) is 0 Å². The van der Waals surface area contributed by atoms with Crippen LogP contribution in [0.3, 0.4) is 0 Å². The SMILES string of the molecule is CCN(Cc1ccoc1)Cc1cn(C)nc1-c1ccncc1. The minimum Gasteiger partial charge on any atom is -0.472 e. The molecule has 3 heterocycles. The van der Waals surface area contributed by atoms with Crippen LogP contribution in [0, 0.1) is 0 Å². The predicted octanol–water partition coefficient (Wildman–Crippen LogP) is 3.10. The van der Waals surface area contributed by atoms with E-state index in [0.717, 1.165) is 30.9 Å². The van der Waals surface area contributed by atoms with E-state index in [1.165, 1.54) is 11.1 Å². The third kappa shape index (κ3) is 3.26. The van der Waals surface area contributed by atoms with E-state index in [1.54, 1.807) is 24.9 Å². The third-order valence-corrected chi connectivity index (χ3v) is 3.69. The molecular weight excluding hydrogens is 276 g/mol. The molecule has 0 aliphatic heterocycles. The van der Waals surface area contributed by atoms with Gasteiger partial charge in [0.25, 0.3) is 0 Å². The number of aromatic nitrogens is 3. The van der Waals surface area contributed by atoms with Crippen molar-refractivity contribution in [2.75, 3.05) is 6.54 Å². The molecule has 0 aliphatic carbocycles. The van der Waals surface area contributed by atoms with Crippen molar-refractivity contribution in [2.24, 2.45) is 7.05 Å². The second-order valence-electron chi connectivity index (χ2n) is 5.35. The van der Waals surface area contributed by atoms with E-state index in [9.17, 15) is 0 Å². The minimum atomic E-state index is 0.854. The molecule has 114 valence electrons. The largest absolute Gasteiger partial charge is 0.472 e. The van der Waals surface area contributed by atoms with Gasteiger partial charge in [0.05, 0.1) is 18.2 Å². The van der Waals surface area contributed by atoms with Crippen molar-refractivity contribution in [1.82, 2.24) is 19.7 Å². The van der Waals surface area contributed by atoms with E-state index in [2.05, 4.69) is 28.1 Å². The van der Waals surface area contributed by atoms with Crippen LogP contribution in [0.15, 0.2) is 53.7 Å². The lowest BCUT2D eigenvalue weighted by atomic mass is 10.1. The van der Waals surface area contributed by atoms with Crippen LogP contribution >= 0.6 is 0 Å². The van der Waals surface area contributed by atoms with Crippen molar-refractivity contribution < 1.29 is 4.42 Å². The highest BCUT2D eigenvalue weighted by Crippen LogP contribution is 2.23. The molecule has 0 unspecified atom stereocenters. The summed E-state index contributed by atoms with van der Waals surface area (Å²) in [5.41, 5.74) is 4.54. The number of aryl methyl sites for hydroxylation is 1. The number of hydrogen-bond acceptors (Lipinski definition) is 4. The summed E-state index contributed by atoms with van der Waals surface area (Å²) in [6.07, 6.45) is 9.22. The first-order valence-electron chi connectivity index (χ1n) is 7.42. The Hall–Kier alpha value is -2.40. The van der Waals surface area contributed by atoms with Crippen LogP contribution < -0.4 is 0 Å². The summed E-state index contributed by atoms with van der Waals surface area (Å²) in [7, 11) is 1.96. The summed E-state index contributed by atoms with van der Waals surface area (Å²) in [6.45, 7) is 4.86. The zero-order chi connectivity index (χ0) is 15.4. The molecule has 3 aromatic rings. The number of rotatable bonds is 6. The van der Waals surface area contributed by atoms with Crippen LogP contribution in [-0.2, 0) is 20.1 Å². The number of hydrogen-bond donors (Lipinski definition) is 0. The maximum atomic E-state index is 5.16. The predicted molar refractivity (Wildman–Crippen MR) is 84.9 cm³/mol. The van der Waals surface area contributed by atoms with Crippen molar-refractivity contribution in [3.05, 3.63) is 60.4 Å². The van der Waals surface area contributed by atoms with Gasteiger partial charge in [0, 0.05) is 55.4 Å². The van der Waals surface area contributed by atoms with Gasteiger partial charge in [0.2, 0.25) is 0 Å². The van der Waals surface area contributed by atoms with E-state index < -0.39 is 0 Å². The smallest absolute Gasteiger partial charge is 0.0969 e. The summed E-state index contributed by atoms with van der Waals surface area (Å²) in [5.74, 6) is 0. The Balaban J connectivity index is 1.82. The fraction of sp³-hybridized carbons (Fsp3) is 0.294. The van der Waals surface area contributed by atoms with Crippen LogP contribution in [0.25, 0.3) is 11.3 Å². The van der Waals surface area contributed by atoms with Gasteiger partial charge in [-0.2, -0.15) is 5.10 Å². The van der Waals surface area contributed by atoms with Crippen LogP contribution in [0.2, 0.25) is 0 Å². The van der Waals surface area contributed by atoms with Crippen molar-refractivity contribution >= 4 is 0 Å². The molecule has 0 amide bonds. The van der Waals surface area contributed by atoms with Crippen molar-refractivity contribution in [1.29, 1.82) is 0 Å². The van der Waals surface area contributed by atoms with Crippen molar-refractivity contribution in [3.63, 3.8) is 0 Å². The first-order valence-corrected chi connectivity index (χ1v) is 7.42. The van der Waals surface area contributed by atoms with Gasteiger partial charge in [-0.3, -0.25) is 14.6 Å². The Morgan fingerprint density at radius 1 is 1.18 bits per heavy atom. The van der Waals surface area contributed by atoms with E-state index in [-0.39, 0.29) is 0 Å². The summed E-state index contributed by atoms with van der Waals surface area (Å²) in [4.78, 5) is 6.45. The highest BCUT2D eigenvalue weighted by Gasteiger charge is 2.14. The molecule has 0 atom stereocenters. The molecule has 0 aromatic carbocycles. The number of nitrogens with zero attached hydrogens (tertiary/aromatic N) is 4. The zero-order valence-corrected chi connectivity index (χ0v) is 12.9. The topological polar surface area (TPSA) is 47.1 Å². The van der Waals surface area contributed by atoms with E-state index in [0.29, 0.717) is 0 Å². The molecule has 0 saturated carbocycles. The molecule has 22 heavy (non-hydrogen) atoms. The molecule has 0 radical (unpaired) electrons. The fourth-order valence-electron chi connectivity index (χ4n) is 2.57. The normalized spacial score (nSPS) is 11.2. The molecule has 0 saturated heterocycles. The maximum Gasteiger partial charge on any atom is 0.0969 e. The molecule has 0 fully saturated rings. The lowest BCUT2D eigenvalue weighted by Gasteiger charge is -2.19. The van der Waals surface area contributed by atoms with Gasteiger partial charge in [-0.15, -0.1) is 0 Å². The standard InChI is InChI=1S/C17H20N4O/c1-3-21(10-14-6-9-22-13-14)12-16-11-20(2)19-17(16)15-4-7-18-8-5-15/h4-9,11,13H,3,10,12H2,1-2H3. The summed E-state index contributed by atoms with van der Waals surface area (Å²) < 4.78 is 7.03. The number of pyridine rings is 1. The van der Waals surface area contributed by atoms with Crippen LogP contribution in [0.5, 0.6) is 0 Å². The molecule has 5 nitrogen and oxygen atoms in total. The van der Waals surface area contributed by atoms with Crippen LogP contribution in [0.1, 0.15) is 18.1 Å². The Morgan fingerprint density at radius 2 is 2.00 bits per heavy atom. The first-order chi connectivity index (χ1) is 10.8. The fourth-order valence-corrected chi connectivity index (χ4v) is 2.57. The zero-order valence-electron chi connectivity index (χ0n) is 12.9. The van der Waals surface area contributed by atoms with Crippen molar-refractivity contribution in [3.8, 4) is 11.3 Å². The quantitative estimate of drug-likeness (QED) is 0.701. The van der Waals surface area contributed by atoms with Gasteiger partial charge in [-0.25, -0.2) is 0 Å². The van der Waals surface area contributed by atoms with Gasteiger partial charge in [0.15, 0.2) is 0 Å². The average Bonchev–Trinajstić information content (AvgIpc) is 3.17. The molecule has 0 spiro atoms. The summed E-state index contributed by atoms with van der Waals surface area (Å²) in [6, 6.07) is 6.01. The molecule has 0 aliphatic rings. The van der Waals surface area contributed by atoms with Gasteiger partial charge >= 0.3 is 0 Å². The van der Waals surface area contributed by atoms with E-state index in [1.807, 2.05) is 29.9 Å². The van der Waals surface area contributed by atoms with Gasteiger partial charge in [-0.1, -0.05) is 6.92 Å². The minimum absolute atomic E-state index is 0.854. The molecule has 5 heteroatoms. The lowest BCUT2D eigenvalue weighted by molar-refractivity contribution is 0.271. The lowest BCUT2D eigenvalue weighted by Crippen LogP contribution is -2.22. The molecule has 0 bridgehead atoms. The van der Waals surface area contributed by atoms with Crippen molar-refractivity contribution in [2.45, 2.75) is 20.0 Å². The Kier molecular flexibility index (Phi) is 4.34. The van der Waals surface area contributed by atoms with Crippen LogP contribution in [0.4, 0.5) is 0 Å². The van der Waals surface area contributed by atoms with E-state index >= 15 is 0 Å². The summed E-state index contributed by atoms with van der Waals surface area (Å²) in [5, 5.41) is 4.61. The number of furan rings is 1. The Bertz CT molecular complexity index is 704.